The number of pyridine rings is 1. The number of sulfone groups is 1. The molecule has 0 aromatic carbocycles. The van der Waals surface area contributed by atoms with E-state index in [1.807, 2.05) is 0 Å². The maximum absolute atomic E-state index is 11.5. The van der Waals surface area contributed by atoms with E-state index in [-0.39, 0.29) is 10.8 Å². The quantitative estimate of drug-likeness (QED) is 0.905. The van der Waals surface area contributed by atoms with Crippen LogP contribution < -0.4 is 5.32 Å². The van der Waals surface area contributed by atoms with Crippen molar-refractivity contribution in [3.8, 4) is 5.69 Å². The molecule has 0 atom stereocenters. The van der Waals surface area contributed by atoms with E-state index >= 15 is 0 Å². The number of carbonyl (C=O) groups is 1. The molecule has 1 N–H and O–H groups in total. The normalized spacial score (nSPS) is 11.3. The topological polar surface area (TPSA) is 94.0 Å². The molecule has 2 rings (SSSR count). The number of carbonyl (C=O) groups excluding carboxylic acids is 1. The molecule has 0 bridgehead atoms. The van der Waals surface area contributed by atoms with Crippen LogP contribution in [-0.2, 0) is 14.6 Å². The van der Waals surface area contributed by atoms with E-state index in [2.05, 4.69) is 15.4 Å². The van der Waals surface area contributed by atoms with Crippen molar-refractivity contribution in [3.63, 3.8) is 0 Å². The Labute approximate surface area is 120 Å². The molecule has 0 radical (unpaired) electrons. The van der Waals surface area contributed by atoms with Crippen molar-refractivity contribution in [1.82, 2.24) is 14.8 Å². The molecule has 7 nitrogen and oxygen atoms in total. The van der Waals surface area contributed by atoms with Crippen LogP contribution in [0.1, 0.15) is 0 Å². The standard InChI is InChI=1S/C11H11ClN4O3S/c1-20(18,19)7-10(17)14-9-6-16(15-11(9)12)8-3-2-4-13-5-8/h2-6H,7H2,1H3,(H,14,17). The smallest absolute Gasteiger partial charge is 0.239 e. The Bertz CT molecular complexity index is 727. The first-order valence-electron chi connectivity index (χ1n) is 5.48. The zero-order chi connectivity index (χ0) is 14.8. The highest BCUT2D eigenvalue weighted by molar-refractivity contribution is 7.91. The number of nitrogens with one attached hydrogen (secondary N) is 1. The van der Waals surface area contributed by atoms with Crippen molar-refractivity contribution in [2.75, 3.05) is 17.3 Å². The minimum Gasteiger partial charge on any atom is -0.321 e. The molecular formula is C11H11ClN4O3S. The summed E-state index contributed by atoms with van der Waals surface area (Å²) in [4.78, 5) is 15.5. The van der Waals surface area contributed by atoms with Gasteiger partial charge >= 0.3 is 0 Å². The highest BCUT2D eigenvalue weighted by Gasteiger charge is 2.15. The third-order valence-electron chi connectivity index (χ3n) is 2.25. The highest BCUT2D eigenvalue weighted by atomic mass is 35.5. The van der Waals surface area contributed by atoms with Gasteiger partial charge in [0.1, 0.15) is 5.75 Å². The van der Waals surface area contributed by atoms with Crippen LogP contribution in [0.4, 0.5) is 5.69 Å². The fourth-order valence-corrected chi connectivity index (χ4v) is 2.21. The van der Waals surface area contributed by atoms with Crippen LogP contribution in [0.3, 0.4) is 0 Å². The fourth-order valence-electron chi connectivity index (χ4n) is 1.48. The number of rotatable bonds is 4. The predicted molar refractivity (Wildman–Crippen MR) is 74.7 cm³/mol. The summed E-state index contributed by atoms with van der Waals surface area (Å²) in [6.45, 7) is 0. The second-order valence-electron chi connectivity index (χ2n) is 4.11. The molecule has 2 aromatic rings. The summed E-state index contributed by atoms with van der Waals surface area (Å²) in [7, 11) is -3.39. The number of amides is 1. The molecule has 20 heavy (non-hydrogen) atoms. The number of nitrogens with zero attached hydrogens (tertiary/aromatic N) is 3. The van der Waals surface area contributed by atoms with E-state index in [0.717, 1.165) is 6.26 Å². The van der Waals surface area contributed by atoms with Crippen molar-refractivity contribution in [3.05, 3.63) is 35.9 Å². The SMILES string of the molecule is CS(=O)(=O)CC(=O)Nc1cn(-c2cccnc2)nc1Cl. The number of hydrogen-bond donors (Lipinski definition) is 1. The van der Waals surface area contributed by atoms with Crippen molar-refractivity contribution in [2.24, 2.45) is 0 Å². The number of hydrogen-bond acceptors (Lipinski definition) is 5. The Morgan fingerprint density at radius 1 is 1.50 bits per heavy atom. The first-order chi connectivity index (χ1) is 9.35. The van der Waals surface area contributed by atoms with Crippen LogP contribution in [-0.4, -0.2) is 41.1 Å². The highest BCUT2D eigenvalue weighted by Crippen LogP contribution is 2.21. The lowest BCUT2D eigenvalue weighted by molar-refractivity contribution is -0.113. The van der Waals surface area contributed by atoms with Gasteiger partial charge in [-0.05, 0) is 12.1 Å². The van der Waals surface area contributed by atoms with Crippen LogP contribution in [0.5, 0.6) is 0 Å². The van der Waals surface area contributed by atoms with Crippen LogP contribution in [0, 0.1) is 0 Å². The van der Waals surface area contributed by atoms with E-state index < -0.39 is 21.5 Å². The van der Waals surface area contributed by atoms with Gasteiger partial charge < -0.3 is 5.32 Å². The van der Waals surface area contributed by atoms with Gasteiger partial charge in [0.05, 0.1) is 23.8 Å². The Morgan fingerprint density at radius 3 is 2.85 bits per heavy atom. The second kappa shape index (κ2) is 5.59. The molecule has 106 valence electrons. The minimum absolute atomic E-state index is 0.0655. The minimum atomic E-state index is -3.39. The van der Waals surface area contributed by atoms with Gasteiger partial charge in [0, 0.05) is 12.5 Å². The summed E-state index contributed by atoms with van der Waals surface area (Å²) in [5.41, 5.74) is 0.905. The number of halogens is 1. The molecule has 2 aromatic heterocycles. The molecule has 0 aliphatic carbocycles. The van der Waals surface area contributed by atoms with Gasteiger partial charge in [-0.25, -0.2) is 13.1 Å². The molecular weight excluding hydrogens is 304 g/mol. The van der Waals surface area contributed by atoms with E-state index in [1.54, 1.807) is 24.5 Å². The molecule has 0 saturated carbocycles. The van der Waals surface area contributed by atoms with Crippen molar-refractivity contribution in [2.45, 2.75) is 0 Å². The summed E-state index contributed by atoms with van der Waals surface area (Å²) in [6, 6.07) is 3.49. The van der Waals surface area contributed by atoms with Crippen molar-refractivity contribution in [1.29, 1.82) is 0 Å². The molecule has 0 aliphatic heterocycles. The van der Waals surface area contributed by atoms with Gasteiger partial charge in [0.25, 0.3) is 0 Å². The maximum Gasteiger partial charge on any atom is 0.239 e. The van der Waals surface area contributed by atoms with Crippen molar-refractivity contribution < 1.29 is 13.2 Å². The Balaban J connectivity index is 2.19. The second-order valence-corrected chi connectivity index (χ2v) is 6.61. The largest absolute Gasteiger partial charge is 0.321 e. The maximum atomic E-state index is 11.5. The summed E-state index contributed by atoms with van der Waals surface area (Å²) >= 11 is 5.89. The third-order valence-corrected chi connectivity index (χ3v) is 3.31. The van der Waals surface area contributed by atoms with Gasteiger partial charge in [-0.2, -0.15) is 5.10 Å². The van der Waals surface area contributed by atoms with Gasteiger partial charge in [-0.1, -0.05) is 11.6 Å². The van der Waals surface area contributed by atoms with E-state index in [1.165, 1.54) is 10.9 Å². The number of anilines is 1. The summed E-state index contributed by atoms with van der Waals surface area (Å²) in [5, 5.41) is 6.48. The zero-order valence-electron chi connectivity index (χ0n) is 10.4. The lowest BCUT2D eigenvalue weighted by atomic mass is 10.4. The van der Waals surface area contributed by atoms with Crippen molar-refractivity contribution >= 4 is 33.0 Å². The Kier molecular flexibility index (Phi) is 4.05. The average Bonchev–Trinajstić information content (AvgIpc) is 2.70. The lowest BCUT2D eigenvalue weighted by Gasteiger charge is -2.01. The molecule has 0 unspecified atom stereocenters. The predicted octanol–water partition coefficient (Wildman–Crippen LogP) is 0.904. The third kappa shape index (κ3) is 3.78. The van der Waals surface area contributed by atoms with E-state index in [0.29, 0.717) is 5.69 Å². The summed E-state index contributed by atoms with van der Waals surface area (Å²) < 4.78 is 23.5. The van der Waals surface area contributed by atoms with Gasteiger partial charge in [0.15, 0.2) is 15.0 Å². The zero-order valence-corrected chi connectivity index (χ0v) is 12.0. The molecule has 0 fully saturated rings. The first kappa shape index (κ1) is 14.5. The molecule has 2 heterocycles. The van der Waals surface area contributed by atoms with E-state index in [9.17, 15) is 13.2 Å². The lowest BCUT2D eigenvalue weighted by Crippen LogP contribution is -2.21. The number of aromatic nitrogens is 3. The summed E-state index contributed by atoms with van der Waals surface area (Å²) in [5.74, 6) is -1.28. The molecule has 9 heteroatoms. The molecule has 0 aliphatic rings. The molecule has 0 spiro atoms. The Hall–Kier alpha value is -1.93. The van der Waals surface area contributed by atoms with E-state index in [4.69, 9.17) is 11.6 Å². The van der Waals surface area contributed by atoms with Crippen LogP contribution in [0.2, 0.25) is 5.15 Å². The van der Waals surface area contributed by atoms with Gasteiger partial charge in [-0.3, -0.25) is 9.78 Å². The monoisotopic (exact) mass is 314 g/mol. The van der Waals surface area contributed by atoms with Crippen LogP contribution >= 0.6 is 11.6 Å². The first-order valence-corrected chi connectivity index (χ1v) is 7.92. The Morgan fingerprint density at radius 2 is 2.25 bits per heavy atom. The molecule has 0 saturated heterocycles. The summed E-state index contributed by atoms with van der Waals surface area (Å²) in [6.07, 6.45) is 5.65. The van der Waals surface area contributed by atoms with Gasteiger partial charge in [0.2, 0.25) is 5.91 Å². The van der Waals surface area contributed by atoms with Crippen LogP contribution in [0.25, 0.3) is 5.69 Å². The van der Waals surface area contributed by atoms with Gasteiger partial charge in [-0.15, -0.1) is 0 Å². The average molecular weight is 315 g/mol. The molecule has 1 amide bonds. The van der Waals surface area contributed by atoms with Crippen LogP contribution in [0.15, 0.2) is 30.7 Å². The fraction of sp³-hybridized carbons (Fsp3) is 0.182.